The van der Waals surface area contributed by atoms with Crippen molar-refractivity contribution >= 4 is 58.9 Å². The highest BCUT2D eigenvalue weighted by Gasteiger charge is 2.24. The minimum absolute atomic E-state index is 0.649. The number of hydrogen-bond donors (Lipinski definition) is 0. The number of rotatable bonds is 9. The Labute approximate surface area is 370 Å². The highest BCUT2D eigenvalue weighted by atomic mass is 32.1. The topological polar surface area (TPSA) is 43.6 Å². The minimum Gasteiger partial charge on any atom is -0.309 e. The van der Waals surface area contributed by atoms with Crippen LogP contribution in [0.25, 0.3) is 109 Å². The lowest BCUT2D eigenvalue weighted by molar-refractivity contribution is 1.15. The average molecular weight is 825 g/mol. The van der Waals surface area contributed by atoms with E-state index >= 15 is 0 Å². The second-order valence-electron chi connectivity index (χ2n) is 15.6. The number of allylic oxidation sites excluding steroid dienone is 5. The van der Waals surface area contributed by atoms with Gasteiger partial charge in [-0.1, -0.05) is 140 Å². The van der Waals surface area contributed by atoms with Crippen LogP contribution in [0.4, 0.5) is 0 Å². The fourth-order valence-electron chi connectivity index (χ4n) is 8.78. The molecule has 298 valence electrons. The maximum atomic E-state index is 5.14. The lowest BCUT2D eigenvalue weighted by Gasteiger charge is -2.13. The van der Waals surface area contributed by atoms with E-state index in [4.69, 9.17) is 15.0 Å². The van der Waals surface area contributed by atoms with E-state index in [1.54, 1.807) is 0 Å². The van der Waals surface area contributed by atoms with Crippen molar-refractivity contribution < 1.29 is 0 Å². The van der Waals surface area contributed by atoms with Crippen LogP contribution in [0.5, 0.6) is 0 Å². The molecular formula is C58H40N4S. The first-order valence-electron chi connectivity index (χ1n) is 21.2. The number of nitrogens with zero attached hydrogens (tertiary/aromatic N) is 4. The molecule has 0 amide bonds. The molecule has 63 heavy (non-hydrogen) atoms. The van der Waals surface area contributed by atoms with Crippen LogP contribution in [-0.4, -0.2) is 19.5 Å². The van der Waals surface area contributed by atoms with Gasteiger partial charge in [0.05, 0.1) is 28.1 Å². The van der Waals surface area contributed by atoms with E-state index in [2.05, 4.69) is 163 Å². The highest BCUT2D eigenvalue weighted by molar-refractivity contribution is 7.26. The van der Waals surface area contributed by atoms with Gasteiger partial charge in [0.15, 0.2) is 5.82 Å². The van der Waals surface area contributed by atoms with Gasteiger partial charge >= 0.3 is 0 Å². The first-order chi connectivity index (χ1) is 31.1. The van der Waals surface area contributed by atoms with Gasteiger partial charge in [0, 0.05) is 59.5 Å². The fourth-order valence-corrected chi connectivity index (χ4v) is 9.91. The molecule has 4 aromatic heterocycles. The molecule has 4 nitrogen and oxygen atoms in total. The molecule has 5 heteroatoms. The summed E-state index contributed by atoms with van der Waals surface area (Å²) in [5.41, 5.74) is 14.6. The first-order valence-corrected chi connectivity index (χ1v) is 22.0. The average Bonchev–Trinajstić information content (AvgIpc) is 3.90. The number of pyridine rings is 1. The molecule has 0 saturated heterocycles. The summed E-state index contributed by atoms with van der Waals surface area (Å²) in [6.07, 6.45) is 9.80. The summed E-state index contributed by atoms with van der Waals surface area (Å²) in [5.74, 6) is 0.649. The Balaban J connectivity index is 1.18. The molecule has 0 fully saturated rings. The zero-order chi connectivity index (χ0) is 42.3. The highest BCUT2D eigenvalue weighted by Crippen LogP contribution is 2.48. The summed E-state index contributed by atoms with van der Waals surface area (Å²) >= 11 is 1.85. The smallest absolute Gasteiger partial charge is 0.160 e. The van der Waals surface area contributed by atoms with Gasteiger partial charge in [-0.25, -0.2) is 9.97 Å². The molecule has 0 bridgehead atoms. The Morgan fingerprint density at radius 2 is 1.21 bits per heavy atom. The van der Waals surface area contributed by atoms with Crippen LogP contribution in [0.2, 0.25) is 0 Å². The Morgan fingerprint density at radius 3 is 1.87 bits per heavy atom. The van der Waals surface area contributed by atoms with Gasteiger partial charge in [-0.05, 0) is 108 Å². The number of hydrogen-bond acceptors (Lipinski definition) is 4. The van der Waals surface area contributed by atoms with E-state index in [0.29, 0.717) is 5.82 Å². The normalized spacial score (nSPS) is 12.0. The standard InChI is InChI=1S/C58H40N4S/c1-3-5-17-38(4-2)50-37-51(41-22-13-8-14-23-41)61-58(60-50)42-25-29-45(30-26-42)62-52-31-27-43(39-18-9-6-10-19-39)34-47(52)56-55-48-35-44(40-20-11-7-12-21-40)28-32-53(48)63-54(55)36-46(57(56)62)49-24-15-16-33-59-49/h3-37H,2H2,1H3/b5-3-,38-17+. The molecule has 0 aliphatic carbocycles. The monoisotopic (exact) mass is 824 g/mol. The van der Waals surface area contributed by atoms with Gasteiger partial charge in [-0.15, -0.1) is 11.3 Å². The third-order valence-corrected chi connectivity index (χ3v) is 12.9. The van der Waals surface area contributed by atoms with Crippen LogP contribution < -0.4 is 0 Å². The summed E-state index contributed by atoms with van der Waals surface area (Å²) < 4.78 is 4.92. The predicted octanol–water partition coefficient (Wildman–Crippen LogP) is 15.8. The van der Waals surface area contributed by atoms with Crippen molar-refractivity contribution in [1.29, 1.82) is 0 Å². The van der Waals surface area contributed by atoms with Crippen LogP contribution in [0, 0.1) is 0 Å². The zero-order valence-corrected chi connectivity index (χ0v) is 35.4. The molecule has 0 radical (unpaired) electrons. The SMILES string of the molecule is C=C/C(=C\C=C/C)c1cc(-c2ccccc2)nc(-c2ccc(-n3c4ccc(-c5ccccc5)cc4c4c5c(cc(-c6ccccn6)c43)sc3ccc(-c4ccccc4)cc35)cc2)n1. The number of thiophene rings is 1. The molecule has 11 rings (SSSR count). The fraction of sp³-hybridized carbons (Fsp3) is 0.0172. The van der Waals surface area contributed by atoms with Crippen molar-refractivity contribution in [3.8, 4) is 61.8 Å². The van der Waals surface area contributed by atoms with Crippen LogP contribution in [-0.2, 0) is 0 Å². The molecule has 0 N–H and O–H groups in total. The van der Waals surface area contributed by atoms with Gasteiger partial charge in [-0.3, -0.25) is 4.98 Å². The lowest BCUT2D eigenvalue weighted by Crippen LogP contribution is -1.99. The Bertz CT molecular complexity index is 3550. The van der Waals surface area contributed by atoms with Crippen molar-refractivity contribution in [2.24, 2.45) is 0 Å². The third kappa shape index (κ3) is 6.85. The number of fused-ring (bicyclic) bond motifs is 7. The van der Waals surface area contributed by atoms with Crippen molar-refractivity contribution in [3.05, 3.63) is 225 Å². The van der Waals surface area contributed by atoms with Crippen molar-refractivity contribution in [3.63, 3.8) is 0 Å². The van der Waals surface area contributed by atoms with Gasteiger partial charge in [0.25, 0.3) is 0 Å². The largest absolute Gasteiger partial charge is 0.309 e. The minimum atomic E-state index is 0.649. The molecule has 0 unspecified atom stereocenters. The van der Waals surface area contributed by atoms with Crippen LogP contribution in [0.1, 0.15) is 12.6 Å². The zero-order valence-electron chi connectivity index (χ0n) is 34.6. The summed E-state index contributed by atoms with van der Waals surface area (Å²) in [6, 6.07) is 64.7. The maximum absolute atomic E-state index is 5.14. The van der Waals surface area contributed by atoms with E-state index in [1.807, 2.05) is 79.1 Å². The second kappa shape index (κ2) is 16.1. The van der Waals surface area contributed by atoms with Crippen molar-refractivity contribution in [2.45, 2.75) is 6.92 Å². The molecule has 0 aliphatic rings. The Morgan fingerprint density at radius 1 is 0.556 bits per heavy atom. The van der Waals surface area contributed by atoms with Crippen LogP contribution in [0.15, 0.2) is 219 Å². The molecule has 0 aliphatic heterocycles. The third-order valence-electron chi connectivity index (χ3n) is 11.8. The summed E-state index contributed by atoms with van der Waals surface area (Å²) in [6.45, 7) is 6.12. The molecule has 0 atom stereocenters. The molecule has 7 aromatic carbocycles. The number of aromatic nitrogens is 4. The summed E-state index contributed by atoms with van der Waals surface area (Å²) in [4.78, 5) is 15.2. The first kappa shape index (κ1) is 38.0. The van der Waals surface area contributed by atoms with E-state index < -0.39 is 0 Å². The Kier molecular flexibility index (Phi) is 9.72. The molecule has 0 spiro atoms. The van der Waals surface area contributed by atoms with Crippen LogP contribution >= 0.6 is 11.3 Å². The molecule has 11 aromatic rings. The predicted molar refractivity (Wildman–Crippen MR) is 267 cm³/mol. The molecule has 0 saturated carbocycles. The van der Waals surface area contributed by atoms with Gasteiger partial charge < -0.3 is 4.57 Å². The van der Waals surface area contributed by atoms with E-state index in [-0.39, 0.29) is 0 Å². The summed E-state index contributed by atoms with van der Waals surface area (Å²) in [5, 5.41) is 4.92. The quantitative estimate of drug-likeness (QED) is 0.136. The van der Waals surface area contributed by atoms with E-state index in [0.717, 1.165) is 56.1 Å². The van der Waals surface area contributed by atoms with Gasteiger partial charge in [0.1, 0.15) is 0 Å². The lowest BCUT2D eigenvalue weighted by atomic mass is 9.97. The molecular weight excluding hydrogens is 785 g/mol. The van der Waals surface area contributed by atoms with E-state index in [1.165, 1.54) is 53.2 Å². The maximum Gasteiger partial charge on any atom is 0.160 e. The molecule has 4 heterocycles. The van der Waals surface area contributed by atoms with Crippen molar-refractivity contribution in [1.82, 2.24) is 19.5 Å². The number of benzene rings is 7. The Hall–Kier alpha value is -7.99. The van der Waals surface area contributed by atoms with Crippen LogP contribution in [0.3, 0.4) is 0 Å². The second-order valence-corrected chi connectivity index (χ2v) is 16.7. The van der Waals surface area contributed by atoms with Crippen molar-refractivity contribution in [2.75, 3.05) is 0 Å². The van der Waals surface area contributed by atoms with Gasteiger partial charge in [-0.2, -0.15) is 0 Å². The summed E-state index contributed by atoms with van der Waals surface area (Å²) in [7, 11) is 0. The van der Waals surface area contributed by atoms with Gasteiger partial charge in [0.2, 0.25) is 0 Å². The van der Waals surface area contributed by atoms with E-state index in [9.17, 15) is 0 Å².